The molecule has 4 aromatic rings. The highest BCUT2D eigenvalue weighted by molar-refractivity contribution is 9.10. The molecule has 0 amide bonds. The van der Waals surface area contributed by atoms with Gasteiger partial charge in [0.25, 0.3) is 0 Å². The molecule has 3 aromatic carbocycles. The molecule has 0 bridgehead atoms. The fourth-order valence-corrected chi connectivity index (χ4v) is 6.02. The van der Waals surface area contributed by atoms with E-state index in [2.05, 4.69) is 20.7 Å². The molecule has 0 saturated heterocycles. The van der Waals surface area contributed by atoms with Gasteiger partial charge in [0.1, 0.15) is 16.9 Å². The zero-order chi connectivity index (χ0) is 26.3. The summed E-state index contributed by atoms with van der Waals surface area (Å²) in [7, 11) is -3.77. The molecule has 1 fully saturated rings. The molecule has 10 heteroatoms. The maximum atomic E-state index is 13.1. The lowest BCUT2D eigenvalue weighted by Gasteiger charge is -2.13. The van der Waals surface area contributed by atoms with Crippen molar-refractivity contribution in [2.45, 2.75) is 31.4 Å². The van der Waals surface area contributed by atoms with Crippen LogP contribution in [0.5, 0.6) is 0 Å². The molecule has 1 aliphatic carbocycles. The third-order valence-corrected chi connectivity index (χ3v) is 8.80. The van der Waals surface area contributed by atoms with E-state index < -0.39 is 16.0 Å². The van der Waals surface area contributed by atoms with Gasteiger partial charge in [-0.3, -0.25) is 4.72 Å². The average molecular weight is 623 g/mol. The monoisotopic (exact) mass is 621 g/mol. The van der Waals surface area contributed by atoms with Crippen LogP contribution in [0.2, 0.25) is 10.0 Å². The Kier molecular flexibility index (Phi) is 7.29. The quantitative estimate of drug-likeness (QED) is 0.200. The van der Waals surface area contributed by atoms with Crippen LogP contribution in [0.15, 0.2) is 63.5 Å². The first-order chi connectivity index (χ1) is 17.6. The van der Waals surface area contributed by atoms with E-state index >= 15 is 0 Å². The van der Waals surface area contributed by atoms with E-state index in [1.807, 2.05) is 6.07 Å². The van der Waals surface area contributed by atoms with Gasteiger partial charge < -0.3 is 9.15 Å². The summed E-state index contributed by atoms with van der Waals surface area (Å²) in [5, 5.41) is 1.56. The first-order valence-corrected chi connectivity index (χ1v) is 14.8. The van der Waals surface area contributed by atoms with Crippen LogP contribution in [0, 0.1) is 0 Å². The molecule has 6 nitrogen and oxygen atoms in total. The van der Waals surface area contributed by atoms with Crippen molar-refractivity contribution in [3.05, 3.63) is 85.8 Å². The normalized spacial score (nSPS) is 13.6. The van der Waals surface area contributed by atoms with E-state index in [9.17, 15) is 13.2 Å². The van der Waals surface area contributed by atoms with Crippen molar-refractivity contribution in [2.75, 3.05) is 11.3 Å². The van der Waals surface area contributed by atoms with E-state index in [-0.39, 0.29) is 18.3 Å². The van der Waals surface area contributed by atoms with Crippen molar-refractivity contribution in [1.82, 2.24) is 0 Å². The summed E-state index contributed by atoms with van der Waals surface area (Å²) in [5.74, 6) is -0.220. The van der Waals surface area contributed by atoms with E-state index in [1.54, 1.807) is 55.5 Å². The van der Waals surface area contributed by atoms with Crippen molar-refractivity contribution in [3.8, 4) is 11.3 Å². The van der Waals surface area contributed by atoms with Crippen LogP contribution in [0.3, 0.4) is 0 Å². The Balaban J connectivity index is 1.59. The van der Waals surface area contributed by atoms with Gasteiger partial charge in [0.2, 0.25) is 10.0 Å². The van der Waals surface area contributed by atoms with Crippen LogP contribution in [0.25, 0.3) is 22.3 Å². The summed E-state index contributed by atoms with van der Waals surface area (Å²) in [5.41, 5.74) is 3.15. The number of esters is 1. The molecule has 0 aliphatic heterocycles. The number of ether oxygens (including phenoxy) is 1. The minimum absolute atomic E-state index is 0.188. The number of hydrogen-bond donors (Lipinski definition) is 1. The summed E-state index contributed by atoms with van der Waals surface area (Å²) in [6.45, 7) is 1.95. The minimum Gasteiger partial charge on any atom is -0.462 e. The Hall–Kier alpha value is -2.52. The molecule has 1 aromatic heterocycles. The molecule has 0 spiro atoms. The van der Waals surface area contributed by atoms with E-state index in [1.165, 1.54) is 0 Å². The first kappa shape index (κ1) is 26.1. The van der Waals surface area contributed by atoms with Crippen LogP contribution in [-0.2, 0) is 20.5 Å². The SMILES string of the molecule is CCOC(=O)c1c(-c2ccc(Cl)cc2)oc2cc(NS(=O)(=O)Cc3ccc(Br)c(Cl)c3)c(C3CC3)cc12. The van der Waals surface area contributed by atoms with Gasteiger partial charge in [-0.05, 0) is 95.2 Å². The highest BCUT2D eigenvalue weighted by Gasteiger charge is 2.31. The molecular formula is C27H22BrCl2NO5S. The summed E-state index contributed by atoms with van der Waals surface area (Å²) in [6.07, 6.45) is 1.86. The second-order valence-corrected chi connectivity index (χ2v) is 12.3. The number of furan rings is 1. The number of nitrogens with one attached hydrogen (secondary N) is 1. The number of benzene rings is 3. The second-order valence-electron chi connectivity index (χ2n) is 8.85. The molecule has 0 unspecified atom stereocenters. The smallest absolute Gasteiger partial charge is 0.342 e. The lowest BCUT2D eigenvalue weighted by Crippen LogP contribution is -2.16. The van der Waals surface area contributed by atoms with Crippen molar-refractivity contribution >= 4 is 71.8 Å². The highest BCUT2D eigenvalue weighted by atomic mass is 79.9. The Labute approximate surface area is 233 Å². The van der Waals surface area contributed by atoms with Gasteiger partial charge in [0, 0.05) is 26.5 Å². The van der Waals surface area contributed by atoms with Crippen molar-refractivity contribution < 1.29 is 22.4 Å². The predicted molar refractivity (Wildman–Crippen MR) is 150 cm³/mol. The number of carbonyl (C=O) groups is 1. The average Bonchev–Trinajstić information content (AvgIpc) is 3.61. The summed E-state index contributed by atoms with van der Waals surface area (Å²) in [4.78, 5) is 13.0. The molecule has 5 rings (SSSR count). The molecular weight excluding hydrogens is 601 g/mol. The van der Waals surface area contributed by atoms with Gasteiger partial charge in [-0.15, -0.1) is 0 Å². The molecule has 1 N–H and O–H groups in total. The third kappa shape index (κ3) is 5.67. The zero-order valence-electron chi connectivity index (χ0n) is 19.7. The number of sulfonamides is 1. The molecule has 37 heavy (non-hydrogen) atoms. The number of hydrogen-bond acceptors (Lipinski definition) is 5. The van der Waals surface area contributed by atoms with E-state index in [4.69, 9.17) is 32.4 Å². The standard InChI is InChI=1S/C27H22BrCl2NO5S/c1-2-35-27(32)25-20-12-19(16-4-5-16)23(13-24(20)36-26(25)17-6-8-18(29)9-7-17)31-37(33,34)14-15-3-10-21(28)22(30)11-15/h3,6-13,16,31H,2,4-5,14H2,1H3. The Morgan fingerprint density at radius 3 is 2.49 bits per heavy atom. The van der Waals surface area contributed by atoms with E-state index in [0.29, 0.717) is 53.6 Å². The molecule has 1 saturated carbocycles. The Morgan fingerprint density at radius 1 is 1.11 bits per heavy atom. The summed E-state index contributed by atoms with van der Waals surface area (Å²) < 4.78 is 41.2. The Morgan fingerprint density at radius 2 is 1.84 bits per heavy atom. The maximum absolute atomic E-state index is 13.1. The van der Waals surface area contributed by atoms with Gasteiger partial charge >= 0.3 is 5.97 Å². The maximum Gasteiger partial charge on any atom is 0.342 e. The van der Waals surface area contributed by atoms with E-state index in [0.717, 1.165) is 18.4 Å². The molecule has 0 atom stereocenters. The highest BCUT2D eigenvalue weighted by Crippen LogP contribution is 2.47. The van der Waals surface area contributed by atoms with Gasteiger partial charge in [-0.25, -0.2) is 13.2 Å². The van der Waals surface area contributed by atoms with Crippen molar-refractivity contribution in [3.63, 3.8) is 0 Å². The van der Waals surface area contributed by atoms with Crippen LogP contribution in [0.1, 0.15) is 47.2 Å². The fraction of sp³-hybridized carbons (Fsp3) is 0.222. The number of carbonyl (C=O) groups excluding carboxylic acids is 1. The van der Waals surface area contributed by atoms with Gasteiger partial charge in [0.15, 0.2) is 0 Å². The topological polar surface area (TPSA) is 85.6 Å². The largest absolute Gasteiger partial charge is 0.462 e. The van der Waals surface area contributed by atoms with Gasteiger partial charge in [0.05, 0.1) is 23.1 Å². The lowest BCUT2D eigenvalue weighted by atomic mass is 10.0. The minimum atomic E-state index is -3.77. The van der Waals surface area contributed by atoms with Gasteiger partial charge in [-0.1, -0.05) is 29.3 Å². The molecule has 1 heterocycles. The van der Waals surface area contributed by atoms with Crippen molar-refractivity contribution in [1.29, 1.82) is 0 Å². The van der Waals surface area contributed by atoms with Crippen molar-refractivity contribution in [2.24, 2.45) is 0 Å². The summed E-state index contributed by atoms with van der Waals surface area (Å²) in [6, 6.07) is 15.5. The second kappa shape index (κ2) is 10.3. The zero-order valence-corrected chi connectivity index (χ0v) is 23.6. The first-order valence-electron chi connectivity index (χ1n) is 11.6. The molecule has 1 aliphatic rings. The lowest BCUT2D eigenvalue weighted by molar-refractivity contribution is 0.0528. The Bertz CT molecular complexity index is 1610. The number of anilines is 1. The molecule has 0 radical (unpaired) electrons. The van der Waals surface area contributed by atoms with Crippen LogP contribution in [0.4, 0.5) is 5.69 Å². The number of rotatable bonds is 8. The fourth-order valence-electron chi connectivity index (χ4n) is 4.24. The third-order valence-electron chi connectivity index (χ3n) is 6.07. The number of halogens is 3. The number of fused-ring (bicyclic) bond motifs is 1. The summed E-state index contributed by atoms with van der Waals surface area (Å²) >= 11 is 15.5. The van der Waals surface area contributed by atoms with Gasteiger partial charge in [-0.2, -0.15) is 0 Å². The van der Waals surface area contributed by atoms with Crippen LogP contribution < -0.4 is 4.72 Å². The van der Waals surface area contributed by atoms with Crippen LogP contribution in [-0.4, -0.2) is 21.0 Å². The van der Waals surface area contributed by atoms with Crippen LogP contribution >= 0.6 is 39.1 Å². The predicted octanol–water partition coefficient (Wildman–Crippen LogP) is 8.17. The molecule has 192 valence electrons.